The molecule has 0 aliphatic carbocycles. The Labute approximate surface area is 79.8 Å². The number of nitrogens with zero attached hydrogens (tertiary/aromatic N) is 3. The van der Waals surface area contributed by atoms with E-state index in [4.69, 9.17) is 5.73 Å². The number of rotatable bonds is 2. The Balaban J connectivity index is 2.24. The molecule has 13 heavy (non-hydrogen) atoms. The Morgan fingerprint density at radius 3 is 3.00 bits per heavy atom. The first-order valence-electron chi connectivity index (χ1n) is 3.81. The van der Waals surface area contributed by atoms with E-state index in [9.17, 15) is 0 Å². The van der Waals surface area contributed by atoms with Crippen LogP contribution in [-0.4, -0.2) is 13.7 Å². The van der Waals surface area contributed by atoms with Crippen LogP contribution in [0.4, 0.5) is 5.69 Å². The van der Waals surface area contributed by atoms with Crippen LogP contribution in [0.1, 0.15) is 11.3 Å². The molecule has 0 amide bonds. The number of hydrogen-bond acceptors (Lipinski definition) is 5. The molecule has 0 aliphatic rings. The van der Waals surface area contributed by atoms with Crippen LogP contribution in [0.15, 0.2) is 24.7 Å². The predicted molar refractivity (Wildman–Crippen MR) is 51.4 cm³/mol. The fourth-order valence-electron chi connectivity index (χ4n) is 1.04. The fourth-order valence-corrected chi connectivity index (χ4v) is 1.48. The molecular weight excluding hydrogens is 184 g/mol. The Morgan fingerprint density at radius 2 is 2.31 bits per heavy atom. The summed E-state index contributed by atoms with van der Waals surface area (Å²) in [4.78, 5) is 4.00. The monoisotopic (exact) mass is 192 g/mol. The number of anilines is 1. The number of pyridine rings is 1. The third-order valence-corrected chi connectivity index (χ3v) is 2.24. The first kappa shape index (κ1) is 8.12. The zero-order valence-corrected chi connectivity index (χ0v) is 7.66. The van der Waals surface area contributed by atoms with Crippen LogP contribution < -0.4 is 5.73 Å². The van der Waals surface area contributed by atoms with Gasteiger partial charge in [0.15, 0.2) is 0 Å². The molecule has 0 fully saturated rings. The Kier molecular flexibility index (Phi) is 2.18. The highest BCUT2D eigenvalue weighted by Crippen LogP contribution is 2.13. The van der Waals surface area contributed by atoms with E-state index in [1.165, 1.54) is 11.7 Å². The van der Waals surface area contributed by atoms with Crippen LogP contribution in [0.2, 0.25) is 0 Å². The topological polar surface area (TPSA) is 64.7 Å². The second-order valence-corrected chi connectivity index (χ2v) is 3.21. The van der Waals surface area contributed by atoms with Crippen molar-refractivity contribution < 1.29 is 0 Å². The van der Waals surface area contributed by atoms with E-state index in [0.29, 0.717) is 6.42 Å². The summed E-state index contributed by atoms with van der Waals surface area (Å²) in [6.07, 6.45) is 5.89. The van der Waals surface area contributed by atoms with E-state index < -0.39 is 0 Å². The Bertz CT molecular complexity index is 385. The van der Waals surface area contributed by atoms with Crippen molar-refractivity contribution in [2.75, 3.05) is 5.73 Å². The predicted octanol–water partition coefficient (Wildman–Crippen LogP) is 1.11. The zero-order chi connectivity index (χ0) is 9.10. The third kappa shape index (κ3) is 1.81. The first-order chi connectivity index (χ1) is 6.36. The van der Waals surface area contributed by atoms with Crippen LogP contribution in [0.3, 0.4) is 0 Å². The van der Waals surface area contributed by atoms with Gasteiger partial charge in [0, 0.05) is 24.5 Å². The maximum Gasteiger partial charge on any atom is 0.0788 e. The van der Waals surface area contributed by atoms with Crippen molar-refractivity contribution in [3.8, 4) is 0 Å². The van der Waals surface area contributed by atoms with Gasteiger partial charge in [0.25, 0.3) is 0 Å². The maximum atomic E-state index is 5.75. The molecule has 0 aromatic carbocycles. The van der Waals surface area contributed by atoms with E-state index >= 15 is 0 Å². The summed E-state index contributed by atoms with van der Waals surface area (Å²) in [6, 6.07) is 1.79. The molecule has 0 radical (unpaired) electrons. The summed E-state index contributed by atoms with van der Waals surface area (Å²) in [6.45, 7) is 0. The van der Waals surface area contributed by atoms with Crippen LogP contribution in [0.25, 0.3) is 0 Å². The van der Waals surface area contributed by atoms with Gasteiger partial charge in [-0.3, -0.25) is 4.98 Å². The summed E-state index contributed by atoms with van der Waals surface area (Å²) < 4.78 is 8.02. The van der Waals surface area contributed by atoms with Gasteiger partial charge in [0.05, 0.1) is 23.6 Å². The van der Waals surface area contributed by atoms with Gasteiger partial charge in [-0.15, -0.1) is 0 Å². The van der Waals surface area contributed by atoms with E-state index in [1.54, 1.807) is 24.7 Å². The minimum Gasteiger partial charge on any atom is -0.398 e. The lowest BCUT2D eigenvalue weighted by Crippen LogP contribution is -1.96. The van der Waals surface area contributed by atoms with Crippen molar-refractivity contribution >= 4 is 17.4 Å². The number of nitrogen functional groups attached to an aromatic ring is 1. The molecule has 4 nitrogen and oxygen atoms in total. The smallest absolute Gasteiger partial charge is 0.0788 e. The fraction of sp³-hybridized carbons (Fsp3) is 0.125. The highest BCUT2D eigenvalue weighted by atomic mass is 32.1. The standard InChI is InChI=1S/C8H8N4S/c9-8-1-2-10-4-6(8)3-7-5-11-13-12-7/h1-2,4-5H,3H2,(H2,9,10). The maximum absolute atomic E-state index is 5.75. The average Bonchev–Trinajstić information content (AvgIpc) is 2.61. The molecule has 0 atom stereocenters. The van der Waals surface area contributed by atoms with Crippen molar-refractivity contribution in [1.29, 1.82) is 0 Å². The van der Waals surface area contributed by atoms with Gasteiger partial charge in [-0.2, -0.15) is 8.75 Å². The van der Waals surface area contributed by atoms with Gasteiger partial charge in [-0.25, -0.2) is 0 Å². The van der Waals surface area contributed by atoms with Gasteiger partial charge >= 0.3 is 0 Å². The minimum absolute atomic E-state index is 0.705. The lowest BCUT2D eigenvalue weighted by atomic mass is 10.1. The van der Waals surface area contributed by atoms with Crippen molar-refractivity contribution in [2.45, 2.75) is 6.42 Å². The largest absolute Gasteiger partial charge is 0.398 e. The molecule has 2 aromatic heterocycles. The summed E-state index contributed by atoms with van der Waals surface area (Å²) >= 11 is 1.20. The van der Waals surface area contributed by atoms with Gasteiger partial charge in [0.1, 0.15) is 0 Å². The van der Waals surface area contributed by atoms with Crippen molar-refractivity contribution in [3.05, 3.63) is 35.9 Å². The number of nitrogens with two attached hydrogens (primary N) is 1. The summed E-state index contributed by atoms with van der Waals surface area (Å²) in [7, 11) is 0. The summed E-state index contributed by atoms with van der Waals surface area (Å²) in [5, 5.41) is 0. The summed E-state index contributed by atoms with van der Waals surface area (Å²) in [5.74, 6) is 0. The number of aromatic nitrogens is 3. The zero-order valence-electron chi connectivity index (χ0n) is 6.84. The molecule has 5 heteroatoms. The Hall–Kier alpha value is -1.49. The van der Waals surface area contributed by atoms with Crippen LogP contribution in [0, 0.1) is 0 Å². The molecule has 2 rings (SSSR count). The van der Waals surface area contributed by atoms with Crippen LogP contribution in [-0.2, 0) is 6.42 Å². The molecule has 0 saturated heterocycles. The minimum atomic E-state index is 0.705. The van der Waals surface area contributed by atoms with Gasteiger partial charge in [-0.1, -0.05) is 0 Å². The molecule has 2 heterocycles. The van der Waals surface area contributed by atoms with Gasteiger partial charge in [0.2, 0.25) is 0 Å². The Morgan fingerprint density at radius 1 is 1.38 bits per heavy atom. The van der Waals surface area contributed by atoms with Crippen molar-refractivity contribution in [3.63, 3.8) is 0 Å². The van der Waals surface area contributed by atoms with Gasteiger partial charge in [-0.05, 0) is 11.6 Å². The van der Waals surface area contributed by atoms with Crippen molar-refractivity contribution in [1.82, 2.24) is 13.7 Å². The van der Waals surface area contributed by atoms with Crippen LogP contribution in [0.5, 0.6) is 0 Å². The number of hydrogen-bond donors (Lipinski definition) is 1. The first-order valence-corrected chi connectivity index (χ1v) is 4.54. The molecule has 2 aromatic rings. The molecule has 66 valence electrons. The van der Waals surface area contributed by atoms with Gasteiger partial charge < -0.3 is 5.73 Å². The molecule has 0 aliphatic heterocycles. The van der Waals surface area contributed by atoms with Crippen LogP contribution >= 0.6 is 11.7 Å². The SMILES string of the molecule is Nc1ccncc1Cc1cnsn1. The average molecular weight is 192 g/mol. The molecule has 0 spiro atoms. The lowest BCUT2D eigenvalue weighted by molar-refractivity contribution is 1.10. The normalized spacial score (nSPS) is 10.2. The molecule has 0 unspecified atom stereocenters. The van der Waals surface area contributed by atoms with E-state index in [2.05, 4.69) is 13.7 Å². The van der Waals surface area contributed by atoms with E-state index in [-0.39, 0.29) is 0 Å². The summed E-state index contributed by atoms with van der Waals surface area (Å²) in [5.41, 5.74) is 8.44. The second-order valence-electron chi connectivity index (χ2n) is 2.65. The highest BCUT2D eigenvalue weighted by molar-refractivity contribution is 6.99. The second kappa shape index (κ2) is 3.49. The molecular formula is C8H8N4S. The third-order valence-electron chi connectivity index (χ3n) is 1.72. The molecule has 0 saturated carbocycles. The van der Waals surface area contributed by atoms with E-state index in [1.807, 2.05) is 0 Å². The lowest BCUT2D eigenvalue weighted by Gasteiger charge is -2.00. The quantitative estimate of drug-likeness (QED) is 0.774. The molecule has 2 N–H and O–H groups in total. The highest BCUT2D eigenvalue weighted by Gasteiger charge is 2.02. The van der Waals surface area contributed by atoms with Crippen molar-refractivity contribution in [2.24, 2.45) is 0 Å². The molecule has 0 bridgehead atoms. The van der Waals surface area contributed by atoms with E-state index in [0.717, 1.165) is 16.9 Å².